The Kier molecular flexibility index (Phi) is 3.71. The van der Waals surface area contributed by atoms with Crippen LogP contribution < -0.4 is 10.2 Å². The first kappa shape index (κ1) is 15.1. The highest BCUT2D eigenvalue weighted by atomic mass is 16.2. The number of fused-ring (bicyclic) bond motifs is 1. The second kappa shape index (κ2) is 5.89. The van der Waals surface area contributed by atoms with Gasteiger partial charge >= 0.3 is 0 Å². The van der Waals surface area contributed by atoms with E-state index in [1.165, 1.54) is 11.1 Å². The lowest BCUT2D eigenvalue weighted by atomic mass is 9.73. The first-order chi connectivity index (χ1) is 11.7. The highest BCUT2D eigenvalue weighted by molar-refractivity contribution is 5.84. The summed E-state index contributed by atoms with van der Waals surface area (Å²) >= 11 is 0. The highest BCUT2D eigenvalue weighted by Gasteiger charge is 2.43. The lowest BCUT2D eigenvalue weighted by Crippen LogP contribution is -2.49. The molecule has 1 spiro atoms. The van der Waals surface area contributed by atoms with Crippen LogP contribution in [0.2, 0.25) is 0 Å². The molecule has 3 heterocycles. The average Bonchev–Trinajstić information content (AvgIpc) is 2.74. The lowest BCUT2D eigenvalue weighted by Gasteiger charge is -2.40. The molecule has 1 aromatic heterocycles. The summed E-state index contributed by atoms with van der Waals surface area (Å²) in [5, 5.41) is 3.13. The quantitative estimate of drug-likeness (QED) is 0.875. The number of nitrogens with one attached hydrogen (secondary N) is 1. The molecule has 1 amide bonds. The van der Waals surface area contributed by atoms with Crippen molar-refractivity contribution in [3.8, 4) is 0 Å². The number of nitrogens with zero attached hydrogens (tertiary/aromatic N) is 3. The van der Waals surface area contributed by atoms with Crippen LogP contribution in [0.15, 0.2) is 36.7 Å². The van der Waals surface area contributed by atoms with Crippen LogP contribution in [0.5, 0.6) is 0 Å². The van der Waals surface area contributed by atoms with Crippen molar-refractivity contribution in [1.82, 2.24) is 15.3 Å². The molecule has 2 aromatic rings. The van der Waals surface area contributed by atoms with E-state index >= 15 is 0 Å². The third-order valence-corrected chi connectivity index (χ3v) is 5.34. The number of carbonyl (C=O) groups is 1. The maximum atomic E-state index is 12.8. The van der Waals surface area contributed by atoms with E-state index in [0.29, 0.717) is 6.54 Å². The Bertz CT molecular complexity index is 748. The summed E-state index contributed by atoms with van der Waals surface area (Å²) in [4.78, 5) is 23.8. The maximum Gasteiger partial charge on any atom is 0.226 e. The van der Waals surface area contributed by atoms with Crippen molar-refractivity contribution in [3.63, 3.8) is 0 Å². The number of benzene rings is 1. The number of rotatable bonds is 1. The summed E-state index contributed by atoms with van der Waals surface area (Å²) in [5.74, 6) is 0.966. The molecular weight excluding hydrogens is 300 g/mol. The van der Waals surface area contributed by atoms with Crippen LogP contribution in [0, 0.1) is 12.3 Å². The molecular formula is C19H22N4O. The Morgan fingerprint density at radius 2 is 1.75 bits per heavy atom. The molecule has 0 atom stereocenters. The fraction of sp³-hybridized carbons (Fsp3) is 0.421. The number of piperidine rings is 1. The molecule has 24 heavy (non-hydrogen) atoms. The lowest BCUT2D eigenvalue weighted by molar-refractivity contribution is -0.132. The van der Waals surface area contributed by atoms with Gasteiger partial charge in [-0.05, 0) is 42.9 Å². The van der Waals surface area contributed by atoms with Crippen LogP contribution >= 0.6 is 0 Å². The molecule has 1 fully saturated rings. The molecule has 124 valence electrons. The number of carbonyl (C=O) groups excluding carboxylic acids is 1. The van der Waals surface area contributed by atoms with Crippen molar-refractivity contribution < 1.29 is 4.79 Å². The van der Waals surface area contributed by atoms with E-state index in [1.54, 1.807) is 0 Å². The summed E-state index contributed by atoms with van der Waals surface area (Å²) in [6, 6.07) is 8.38. The second-order valence-corrected chi connectivity index (χ2v) is 6.96. The minimum absolute atomic E-state index is 0.197. The number of hydrogen-bond acceptors (Lipinski definition) is 4. The van der Waals surface area contributed by atoms with E-state index in [2.05, 4.69) is 38.4 Å². The smallest absolute Gasteiger partial charge is 0.226 e. The molecule has 1 saturated heterocycles. The predicted molar refractivity (Wildman–Crippen MR) is 92.6 cm³/mol. The summed E-state index contributed by atoms with van der Waals surface area (Å²) in [6.07, 6.45) is 6.20. The Morgan fingerprint density at radius 1 is 1.08 bits per heavy atom. The molecule has 5 heteroatoms. The number of amides is 1. The van der Waals surface area contributed by atoms with E-state index < -0.39 is 0 Å². The van der Waals surface area contributed by atoms with Crippen molar-refractivity contribution in [1.29, 1.82) is 0 Å². The maximum absolute atomic E-state index is 12.8. The van der Waals surface area contributed by atoms with Crippen LogP contribution in [-0.4, -0.2) is 29.0 Å². The van der Waals surface area contributed by atoms with Gasteiger partial charge in [0, 0.05) is 32.0 Å². The van der Waals surface area contributed by atoms with Crippen molar-refractivity contribution in [2.24, 2.45) is 5.41 Å². The molecule has 0 radical (unpaired) electrons. The fourth-order valence-electron chi connectivity index (χ4n) is 3.80. The van der Waals surface area contributed by atoms with Gasteiger partial charge in [-0.15, -0.1) is 0 Å². The predicted octanol–water partition coefficient (Wildman–Crippen LogP) is 2.24. The zero-order valence-electron chi connectivity index (χ0n) is 14.0. The Balaban J connectivity index is 1.54. The molecule has 0 bridgehead atoms. The normalized spacial score (nSPS) is 19.5. The topological polar surface area (TPSA) is 58.1 Å². The third kappa shape index (κ3) is 2.64. The van der Waals surface area contributed by atoms with Crippen LogP contribution in [0.4, 0.5) is 5.95 Å². The van der Waals surface area contributed by atoms with Crippen molar-refractivity contribution in [2.75, 3.05) is 18.0 Å². The molecule has 2 aliphatic rings. The van der Waals surface area contributed by atoms with E-state index in [0.717, 1.165) is 43.9 Å². The molecule has 4 rings (SSSR count). The minimum atomic E-state index is -0.298. The average molecular weight is 322 g/mol. The van der Waals surface area contributed by atoms with Gasteiger partial charge in [-0.25, -0.2) is 9.97 Å². The van der Waals surface area contributed by atoms with Crippen LogP contribution in [0.1, 0.15) is 29.5 Å². The largest absolute Gasteiger partial charge is 0.352 e. The van der Waals surface area contributed by atoms with Gasteiger partial charge in [0.05, 0.1) is 5.41 Å². The van der Waals surface area contributed by atoms with Crippen molar-refractivity contribution in [2.45, 2.75) is 32.7 Å². The molecule has 0 aliphatic carbocycles. The van der Waals surface area contributed by atoms with Crippen LogP contribution in [0.3, 0.4) is 0 Å². The van der Waals surface area contributed by atoms with E-state index in [4.69, 9.17) is 0 Å². The third-order valence-electron chi connectivity index (χ3n) is 5.34. The minimum Gasteiger partial charge on any atom is -0.352 e. The standard InChI is InChI=1S/C19H22N4O/c1-14-11-21-18(22-12-14)23-8-6-19(7-9-23)10-15-4-2-3-5-16(15)13-20-17(19)24/h2-5,11-12H,6-10,13H2,1H3,(H,20,24). The summed E-state index contributed by atoms with van der Waals surface area (Å²) in [5.41, 5.74) is 3.31. The number of hydrogen-bond donors (Lipinski definition) is 1. The fourth-order valence-corrected chi connectivity index (χ4v) is 3.80. The van der Waals surface area contributed by atoms with Gasteiger partial charge in [0.2, 0.25) is 11.9 Å². The second-order valence-electron chi connectivity index (χ2n) is 6.96. The zero-order chi connectivity index (χ0) is 16.6. The Morgan fingerprint density at radius 3 is 2.46 bits per heavy atom. The monoisotopic (exact) mass is 322 g/mol. The molecule has 2 aliphatic heterocycles. The summed E-state index contributed by atoms with van der Waals surface area (Å²) in [6.45, 7) is 4.27. The van der Waals surface area contributed by atoms with Gasteiger partial charge < -0.3 is 10.2 Å². The zero-order valence-corrected chi connectivity index (χ0v) is 14.0. The van der Waals surface area contributed by atoms with E-state index in [1.807, 2.05) is 25.4 Å². The first-order valence-corrected chi connectivity index (χ1v) is 8.55. The van der Waals surface area contributed by atoms with Crippen molar-refractivity contribution in [3.05, 3.63) is 53.3 Å². The molecule has 0 saturated carbocycles. The van der Waals surface area contributed by atoms with Crippen LogP contribution in [0.25, 0.3) is 0 Å². The Labute approximate surface area is 142 Å². The molecule has 5 nitrogen and oxygen atoms in total. The Hall–Kier alpha value is -2.43. The van der Waals surface area contributed by atoms with Crippen LogP contribution in [-0.2, 0) is 17.8 Å². The molecule has 1 aromatic carbocycles. The van der Waals surface area contributed by atoms with Gasteiger partial charge in [0.1, 0.15) is 0 Å². The summed E-state index contributed by atoms with van der Waals surface area (Å²) in [7, 11) is 0. The van der Waals surface area contributed by atoms with Gasteiger partial charge in [0.25, 0.3) is 0 Å². The van der Waals surface area contributed by atoms with E-state index in [9.17, 15) is 4.79 Å². The van der Waals surface area contributed by atoms with Gasteiger partial charge in [-0.2, -0.15) is 0 Å². The highest BCUT2D eigenvalue weighted by Crippen LogP contribution is 2.38. The van der Waals surface area contributed by atoms with Crippen molar-refractivity contribution >= 4 is 11.9 Å². The van der Waals surface area contributed by atoms with E-state index in [-0.39, 0.29) is 11.3 Å². The SMILES string of the molecule is Cc1cnc(N2CCC3(CC2)Cc2ccccc2CNC3=O)nc1. The number of anilines is 1. The number of aryl methyl sites for hydroxylation is 1. The van der Waals surface area contributed by atoms with Gasteiger partial charge in [-0.1, -0.05) is 24.3 Å². The first-order valence-electron chi connectivity index (χ1n) is 8.55. The number of aromatic nitrogens is 2. The molecule has 1 N–H and O–H groups in total. The van der Waals surface area contributed by atoms with Gasteiger partial charge in [-0.3, -0.25) is 4.79 Å². The summed E-state index contributed by atoms with van der Waals surface area (Å²) < 4.78 is 0. The molecule has 0 unspecified atom stereocenters. The van der Waals surface area contributed by atoms with Gasteiger partial charge in [0.15, 0.2) is 0 Å².